The van der Waals surface area contributed by atoms with Crippen molar-refractivity contribution in [2.75, 3.05) is 22.5 Å². The molecule has 0 unspecified atom stereocenters. The first-order chi connectivity index (χ1) is 15.2. The van der Waals surface area contributed by atoms with E-state index in [9.17, 15) is 10.1 Å². The fourth-order valence-corrected chi connectivity index (χ4v) is 3.98. The molecule has 0 aliphatic carbocycles. The van der Waals surface area contributed by atoms with Crippen molar-refractivity contribution in [1.29, 1.82) is 0 Å². The Hall–Kier alpha value is -3.72. The van der Waals surface area contributed by atoms with Crippen molar-refractivity contribution in [3.05, 3.63) is 80.8 Å². The number of benzene rings is 2. The summed E-state index contributed by atoms with van der Waals surface area (Å²) in [6.07, 6.45) is 1.47. The number of rotatable bonds is 9. The van der Waals surface area contributed by atoms with Gasteiger partial charge < -0.3 is 16.0 Å². The van der Waals surface area contributed by atoms with Crippen molar-refractivity contribution in [3.8, 4) is 0 Å². The average molecular weight is 435 g/mol. The number of nitrogens with one attached hydrogen (secondary N) is 3. The highest BCUT2D eigenvalue weighted by Crippen LogP contribution is 2.32. The van der Waals surface area contributed by atoms with Gasteiger partial charge in [-0.1, -0.05) is 24.3 Å². The van der Waals surface area contributed by atoms with Gasteiger partial charge in [-0.2, -0.15) is 0 Å². The van der Waals surface area contributed by atoms with E-state index in [0.29, 0.717) is 35.5 Å². The second kappa shape index (κ2) is 9.40. The number of nitro benzene ring substituents is 1. The van der Waals surface area contributed by atoms with Crippen LogP contribution in [0.25, 0.3) is 10.9 Å². The number of fused-ring (bicyclic) bond motifs is 1. The average Bonchev–Trinajstić information content (AvgIpc) is 3.30. The summed E-state index contributed by atoms with van der Waals surface area (Å²) >= 11 is 1.71. The van der Waals surface area contributed by atoms with Crippen LogP contribution < -0.4 is 16.0 Å². The molecule has 0 radical (unpaired) electrons. The summed E-state index contributed by atoms with van der Waals surface area (Å²) in [4.78, 5) is 21.0. The molecule has 3 N–H and O–H groups in total. The third-order valence-corrected chi connectivity index (χ3v) is 5.69. The molecule has 0 spiro atoms. The molecule has 0 fully saturated rings. The molecule has 9 heteroatoms. The molecule has 0 bridgehead atoms. The lowest BCUT2D eigenvalue weighted by Gasteiger charge is -2.14. The van der Waals surface area contributed by atoms with E-state index in [2.05, 4.69) is 37.4 Å². The molecule has 2 aromatic carbocycles. The number of anilines is 3. The van der Waals surface area contributed by atoms with Crippen LogP contribution in [-0.4, -0.2) is 21.4 Å². The first-order valence-corrected chi connectivity index (χ1v) is 10.8. The molecule has 0 amide bonds. The fraction of sp³-hybridized carbons (Fsp3) is 0.182. The fourth-order valence-electron chi connectivity index (χ4n) is 3.34. The summed E-state index contributed by atoms with van der Waals surface area (Å²) in [5.74, 6) is 0.559. The molecule has 0 aliphatic rings. The molecular formula is C22H22N6O2S. The Morgan fingerprint density at radius 2 is 1.87 bits per heavy atom. The van der Waals surface area contributed by atoms with Gasteiger partial charge in [-0.25, -0.2) is 9.97 Å². The van der Waals surface area contributed by atoms with E-state index in [4.69, 9.17) is 0 Å². The summed E-state index contributed by atoms with van der Waals surface area (Å²) < 4.78 is 0. The van der Waals surface area contributed by atoms with Crippen molar-refractivity contribution in [2.45, 2.75) is 20.0 Å². The SMILES string of the molecule is CCNc1cc2ncnc(NCc3ccccc3NCc3cccs3)c2cc1[N+](=O)[O-]. The van der Waals surface area contributed by atoms with Crippen LogP contribution in [0.1, 0.15) is 17.4 Å². The lowest BCUT2D eigenvalue weighted by Crippen LogP contribution is -2.07. The predicted octanol–water partition coefficient (Wildman–Crippen LogP) is 5.26. The lowest BCUT2D eigenvalue weighted by molar-refractivity contribution is -0.383. The molecule has 0 aliphatic heterocycles. The smallest absolute Gasteiger partial charge is 0.293 e. The third kappa shape index (κ3) is 4.72. The second-order valence-corrected chi connectivity index (χ2v) is 7.87. The van der Waals surface area contributed by atoms with E-state index in [1.54, 1.807) is 17.4 Å². The minimum absolute atomic E-state index is 0.00483. The molecule has 158 valence electrons. The quantitative estimate of drug-likeness (QED) is 0.244. The molecule has 0 saturated heterocycles. The van der Waals surface area contributed by atoms with E-state index in [0.717, 1.165) is 17.8 Å². The predicted molar refractivity (Wildman–Crippen MR) is 126 cm³/mol. The summed E-state index contributed by atoms with van der Waals surface area (Å²) in [6.45, 7) is 3.75. The molecule has 4 aromatic rings. The Balaban J connectivity index is 1.58. The summed E-state index contributed by atoms with van der Waals surface area (Å²) in [5.41, 5.74) is 3.20. The largest absolute Gasteiger partial charge is 0.380 e. The van der Waals surface area contributed by atoms with E-state index in [1.165, 1.54) is 17.3 Å². The molecule has 0 saturated carbocycles. The van der Waals surface area contributed by atoms with Crippen LogP contribution in [0.2, 0.25) is 0 Å². The van der Waals surface area contributed by atoms with Crippen molar-refractivity contribution in [3.63, 3.8) is 0 Å². The second-order valence-electron chi connectivity index (χ2n) is 6.84. The monoisotopic (exact) mass is 434 g/mol. The maximum Gasteiger partial charge on any atom is 0.293 e. The first-order valence-electron chi connectivity index (χ1n) is 9.90. The zero-order chi connectivity index (χ0) is 21.6. The minimum atomic E-state index is -0.391. The zero-order valence-electron chi connectivity index (χ0n) is 17.0. The van der Waals surface area contributed by atoms with Gasteiger partial charge in [0.25, 0.3) is 5.69 Å². The van der Waals surface area contributed by atoms with E-state index in [1.807, 2.05) is 37.3 Å². The number of hydrogen-bond donors (Lipinski definition) is 3. The lowest BCUT2D eigenvalue weighted by atomic mass is 10.1. The van der Waals surface area contributed by atoms with Crippen molar-refractivity contribution >= 4 is 45.1 Å². The van der Waals surface area contributed by atoms with Crippen LogP contribution in [0.4, 0.5) is 22.9 Å². The highest BCUT2D eigenvalue weighted by molar-refractivity contribution is 7.09. The van der Waals surface area contributed by atoms with Crippen molar-refractivity contribution in [2.24, 2.45) is 0 Å². The zero-order valence-corrected chi connectivity index (χ0v) is 17.8. The van der Waals surface area contributed by atoms with Gasteiger partial charge in [-0.05, 0) is 36.1 Å². The molecule has 2 aromatic heterocycles. The number of nitro groups is 1. The number of aromatic nitrogens is 2. The maximum atomic E-state index is 11.5. The van der Waals surface area contributed by atoms with Crippen LogP contribution in [0.5, 0.6) is 0 Å². The van der Waals surface area contributed by atoms with Gasteiger partial charge in [0.2, 0.25) is 0 Å². The van der Waals surface area contributed by atoms with E-state index >= 15 is 0 Å². The minimum Gasteiger partial charge on any atom is -0.380 e. The van der Waals surface area contributed by atoms with Gasteiger partial charge in [0, 0.05) is 41.7 Å². The Kier molecular flexibility index (Phi) is 6.23. The highest BCUT2D eigenvalue weighted by Gasteiger charge is 2.17. The summed E-state index contributed by atoms with van der Waals surface area (Å²) in [7, 11) is 0. The summed E-state index contributed by atoms with van der Waals surface area (Å²) in [5, 5.41) is 24.0. The highest BCUT2D eigenvalue weighted by atomic mass is 32.1. The van der Waals surface area contributed by atoms with Crippen LogP contribution in [0, 0.1) is 10.1 Å². The van der Waals surface area contributed by atoms with Crippen LogP contribution in [-0.2, 0) is 13.1 Å². The van der Waals surface area contributed by atoms with Gasteiger partial charge >= 0.3 is 0 Å². The Bertz CT molecular complexity index is 1200. The van der Waals surface area contributed by atoms with Crippen LogP contribution >= 0.6 is 11.3 Å². The van der Waals surface area contributed by atoms with Crippen LogP contribution in [0.3, 0.4) is 0 Å². The Morgan fingerprint density at radius 1 is 1.00 bits per heavy atom. The number of para-hydroxylation sites is 1. The van der Waals surface area contributed by atoms with Gasteiger partial charge in [0.05, 0.1) is 10.4 Å². The first kappa shape index (κ1) is 20.5. The van der Waals surface area contributed by atoms with Gasteiger partial charge in [0.15, 0.2) is 0 Å². The molecule has 2 heterocycles. The van der Waals surface area contributed by atoms with Gasteiger partial charge in [-0.3, -0.25) is 10.1 Å². The summed E-state index contributed by atoms with van der Waals surface area (Å²) in [6, 6.07) is 15.4. The maximum absolute atomic E-state index is 11.5. The van der Waals surface area contributed by atoms with Crippen molar-refractivity contribution < 1.29 is 4.92 Å². The third-order valence-electron chi connectivity index (χ3n) is 4.81. The number of thiophene rings is 1. The van der Waals surface area contributed by atoms with Gasteiger partial charge in [-0.15, -0.1) is 11.3 Å². The van der Waals surface area contributed by atoms with Gasteiger partial charge in [0.1, 0.15) is 17.8 Å². The topological polar surface area (TPSA) is 105 Å². The molecule has 0 atom stereocenters. The molecule has 31 heavy (non-hydrogen) atoms. The van der Waals surface area contributed by atoms with E-state index < -0.39 is 4.92 Å². The number of nitrogens with zero attached hydrogens (tertiary/aromatic N) is 3. The molecule has 4 rings (SSSR count). The number of hydrogen-bond acceptors (Lipinski definition) is 8. The van der Waals surface area contributed by atoms with Crippen LogP contribution in [0.15, 0.2) is 60.2 Å². The Labute approximate surface area is 183 Å². The van der Waals surface area contributed by atoms with Crippen molar-refractivity contribution in [1.82, 2.24) is 9.97 Å². The van der Waals surface area contributed by atoms with E-state index in [-0.39, 0.29) is 5.69 Å². The normalized spacial score (nSPS) is 10.7. The molecular weight excluding hydrogens is 412 g/mol. The standard InChI is InChI=1S/C22H22N6O2S/c1-2-23-20-11-19-17(10-21(20)28(29)30)22(27-14-26-19)25-12-15-6-3-4-8-18(15)24-13-16-7-5-9-31-16/h3-11,14,23-24H,2,12-13H2,1H3,(H,25,26,27). The molecule has 8 nitrogen and oxygen atoms in total. The Morgan fingerprint density at radius 3 is 2.65 bits per heavy atom.